The van der Waals surface area contributed by atoms with E-state index in [1.54, 1.807) is 10.6 Å². The van der Waals surface area contributed by atoms with Crippen molar-refractivity contribution < 1.29 is 0 Å². The Morgan fingerprint density at radius 3 is 1.35 bits per heavy atom. The molecule has 1 heterocycles. The molecule has 0 atom stereocenters. The van der Waals surface area contributed by atoms with Crippen LogP contribution in [0.4, 0.5) is 0 Å². The molecule has 1 fully saturated rings. The Morgan fingerprint density at radius 2 is 0.950 bits per heavy atom. The largest absolute Gasteiger partial charge is 0.0694 e. The van der Waals surface area contributed by atoms with Crippen LogP contribution in [-0.2, 0) is 0 Å². The van der Waals surface area contributed by atoms with Gasteiger partial charge < -0.3 is 0 Å². The van der Waals surface area contributed by atoms with Gasteiger partial charge in [0.05, 0.1) is 0 Å². The van der Waals surface area contributed by atoms with Gasteiger partial charge in [-0.15, -0.1) is 0 Å². The molecule has 0 bridgehead atoms. The van der Waals surface area contributed by atoms with Crippen LogP contribution in [-0.4, -0.2) is 48.1 Å². The molecule has 1 aliphatic rings. The van der Waals surface area contributed by atoms with Gasteiger partial charge in [-0.2, -0.15) is 0 Å². The van der Waals surface area contributed by atoms with Crippen molar-refractivity contribution in [3.63, 3.8) is 0 Å². The summed E-state index contributed by atoms with van der Waals surface area (Å²) < 4.78 is 1.28. The molecule has 3 aromatic rings. The smallest absolute Gasteiger partial charge is 0.0481 e. The van der Waals surface area contributed by atoms with Gasteiger partial charge in [-0.3, -0.25) is 0 Å². The molecular formula is C34H58Si6. The second-order valence-corrected chi connectivity index (χ2v) is 50.7. The topological polar surface area (TPSA) is 0 Å². The van der Waals surface area contributed by atoms with Gasteiger partial charge in [0, 0.05) is 40.2 Å². The summed E-state index contributed by atoms with van der Waals surface area (Å²) in [6, 6.07) is 21.5. The lowest BCUT2D eigenvalue weighted by molar-refractivity contribution is 0.755. The predicted molar refractivity (Wildman–Crippen MR) is 200 cm³/mol. The highest BCUT2D eigenvalue weighted by molar-refractivity contribution is 7.29. The lowest BCUT2D eigenvalue weighted by Gasteiger charge is -2.59. The van der Waals surface area contributed by atoms with E-state index in [1.807, 2.05) is 0 Å². The van der Waals surface area contributed by atoms with Gasteiger partial charge in [0.2, 0.25) is 0 Å². The van der Waals surface area contributed by atoms with E-state index in [2.05, 4.69) is 154 Å². The molecule has 4 rings (SSSR count). The quantitative estimate of drug-likeness (QED) is 0.193. The Balaban J connectivity index is 2.43. The van der Waals surface area contributed by atoms with Gasteiger partial charge in [0.1, 0.15) is 0 Å². The molecule has 1 aliphatic heterocycles. The van der Waals surface area contributed by atoms with E-state index in [-0.39, 0.29) is 0 Å². The molecule has 6 heteroatoms. The Kier molecular flexibility index (Phi) is 8.11. The molecule has 3 aromatic carbocycles. The van der Waals surface area contributed by atoms with Crippen molar-refractivity contribution in [2.75, 3.05) is 0 Å². The van der Waals surface area contributed by atoms with Gasteiger partial charge in [-0.05, 0) is 48.2 Å². The Morgan fingerprint density at radius 1 is 0.575 bits per heavy atom. The summed E-state index contributed by atoms with van der Waals surface area (Å²) in [7, 11) is -7.88. The van der Waals surface area contributed by atoms with Crippen LogP contribution >= 0.6 is 0 Å². The van der Waals surface area contributed by atoms with E-state index in [0.717, 1.165) is 0 Å². The van der Waals surface area contributed by atoms with Crippen LogP contribution in [0.2, 0.25) is 92.2 Å². The van der Waals surface area contributed by atoms with E-state index in [4.69, 9.17) is 0 Å². The summed E-state index contributed by atoms with van der Waals surface area (Å²) in [5.41, 5.74) is 0. The third kappa shape index (κ3) is 4.75. The third-order valence-electron chi connectivity index (χ3n) is 10.9. The van der Waals surface area contributed by atoms with E-state index in [9.17, 15) is 0 Å². The molecule has 0 unspecified atom stereocenters. The van der Waals surface area contributed by atoms with Crippen molar-refractivity contribution in [1.82, 2.24) is 0 Å². The SMILES string of the molecule is CC(C)(C)[Si](c1cc2ccccc2c2ccccc12)=[Si]1C([Si](C)(C)C)([Si](C)(C)C)CCC1([Si](C)(C)C)[Si](C)(C)C. The van der Waals surface area contributed by atoms with Crippen LogP contribution in [0.5, 0.6) is 0 Å². The van der Waals surface area contributed by atoms with Crippen molar-refractivity contribution in [1.29, 1.82) is 0 Å². The summed E-state index contributed by atoms with van der Waals surface area (Å²) in [4.78, 5) is 0. The standard InChI is InChI=1S/C34H58Si6/c1-32(2,3)35(31-26-27-20-16-17-21-28(27)29-22-18-19-23-30(29)31)36-33(37(4,5)6,38(7,8)9)24-25-34(36,39(10,11)12)40(13,14)15/h16-23,26H,24-25H2,1-15H3. The van der Waals surface area contributed by atoms with Crippen LogP contribution in [0, 0.1) is 0 Å². The minimum absolute atomic E-state index is 0.309. The fourth-order valence-electron chi connectivity index (χ4n) is 9.84. The molecular weight excluding hydrogens is 577 g/mol. The van der Waals surface area contributed by atoms with Crippen LogP contribution in [0.3, 0.4) is 0 Å². The summed E-state index contributed by atoms with van der Waals surface area (Å²) in [6.07, 6.45) is 3.08. The number of hydrogen-bond acceptors (Lipinski definition) is 0. The second kappa shape index (κ2) is 10.0. The van der Waals surface area contributed by atoms with E-state index in [1.165, 1.54) is 29.0 Å². The lowest BCUT2D eigenvalue weighted by atomic mass is 10.0. The van der Waals surface area contributed by atoms with Crippen LogP contribution in [0.15, 0.2) is 54.6 Å². The maximum atomic E-state index is 2.81. The predicted octanol–water partition coefficient (Wildman–Crippen LogP) is 10.9. The molecule has 0 spiro atoms. The molecule has 0 amide bonds. The monoisotopic (exact) mass is 634 g/mol. The summed E-state index contributed by atoms with van der Waals surface area (Å²) in [6.45, 7) is 41.7. The van der Waals surface area contributed by atoms with Crippen LogP contribution < -0.4 is 5.19 Å². The molecule has 218 valence electrons. The van der Waals surface area contributed by atoms with Crippen molar-refractivity contribution in [2.45, 2.75) is 126 Å². The molecule has 0 N–H and O–H groups in total. The minimum atomic E-state index is -1.54. The first-order chi connectivity index (χ1) is 18.0. The van der Waals surface area contributed by atoms with Crippen molar-refractivity contribution in [3.8, 4) is 0 Å². The molecule has 40 heavy (non-hydrogen) atoms. The lowest BCUT2D eigenvalue weighted by Crippen LogP contribution is -2.69. The number of benzene rings is 3. The Labute approximate surface area is 254 Å². The zero-order valence-corrected chi connectivity index (χ0v) is 34.6. The molecule has 0 nitrogen and oxygen atoms in total. The maximum Gasteiger partial charge on any atom is 0.0481 e. The zero-order valence-electron chi connectivity index (χ0n) is 28.6. The van der Waals surface area contributed by atoms with Gasteiger partial charge in [-0.1, -0.05) is 167 Å². The van der Waals surface area contributed by atoms with Gasteiger partial charge in [-0.25, -0.2) is 0 Å². The van der Waals surface area contributed by atoms with Gasteiger partial charge in [0.25, 0.3) is 0 Å². The highest BCUT2D eigenvalue weighted by atomic mass is 28.9. The summed E-state index contributed by atoms with van der Waals surface area (Å²) in [5.74, 6) is 0. The number of fused-ring (bicyclic) bond motifs is 3. The molecule has 0 saturated carbocycles. The van der Waals surface area contributed by atoms with Crippen molar-refractivity contribution >= 4 is 74.8 Å². The number of rotatable bonds is 5. The summed E-state index contributed by atoms with van der Waals surface area (Å²) >= 11 is 0. The van der Waals surface area contributed by atoms with Crippen LogP contribution in [0.25, 0.3) is 21.5 Å². The third-order valence-corrected chi connectivity index (χ3v) is 58.4. The van der Waals surface area contributed by atoms with E-state index < -0.39 is 48.1 Å². The average Bonchev–Trinajstić information content (AvgIpc) is 3.17. The molecule has 1 saturated heterocycles. The first kappa shape index (κ1) is 32.4. The highest BCUT2D eigenvalue weighted by Gasteiger charge is 2.70. The van der Waals surface area contributed by atoms with Crippen molar-refractivity contribution in [2.24, 2.45) is 0 Å². The normalized spacial score (nSPS) is 18.5. The van der Waals surface area contributed by atoms with Gasteiger partial charge >= 0.3 is 0 Å². The first-order valence-electron chi connectivity index (χ1n) is 15.7. The summed E-state index contributed by atoms with van der Waals surface area (Å²) in [5, 5.41) is 8.06. The van der Waals surface area contributed by atoms with E-state index in [0.29, 0.717) is 13.6 Å². The minimum Gasteiger partial charge on any atom is -0.0694 e. The van der Waals surface area contributed by atoms with E-state index >= 15 is 0 Å². The molecule has 0 aromatic heterocycles. The van der Waals surface area contributed by atoms with Crippen molar-refractivity contribution in [3.05, 3.63) is 54.6 Å². The first-order valence-corrected chi connectivity index (χ1v) is 33.7. The second-order valence-electron chi connectivity index (χ2n) is 18.0. The number of hydrogen-bond donors (Lipinski definition) is 0. The average molecular weight is 635 g/mol. The maximum absolute atomic E-state index is 2.81. The van der Waals surface area contributed by atoms with Gasteiger partial charge in [0.15, 0.2) is 0 Å². The Hall–Kier alpha value is -0.519. The molecule has 0 radical (unpaired) electrons. The Bertz CT molecular complexity index is 1390. The molecule has 0 aliphatic carbocycles. The fourth-order valence-corrected chi connectivity index (χ4v) is 77.3. The fraction of sp³-hybridized carbons (Fsp3) is 0.588. The highest BCUT2D eigenvalue weighted by Crippen LogP contribution is 2.69. The zero-order chi connectivity index (χ0) is 30.3. The van der Waals surface area contributed by atoms with Crippen LogP contribution in [0.1, 0.15) is 33.6 Å².